The Kier molecular flexibility index (Phi) is 7.05. The molecule has 0 aliphatic rings. The summed E-state index contributed by atoms with van der Waals surface area (Å²) in [5, 5.41) is 10.4. The van der Waals surface area contributed by atoms with Crippen molar-refractivity contribution in [3.8, 4) is 0 Å². The van der Waals surface area contributed by atoms with E-state index in [1.165, 1.54) is 20.2 Å². The van der Waals surface area contributed by atoms with Gasteiger partial charge in [0.05, 0.1) is 5.71 Å². The van der Waals surface area contributed by atoms with E-state index in [0.717, 1.165) is 11.1 Å². The highest BCUT2D eigenvalue weighted by molar-refractivity contribution is 6.45. The summed E-state index contributed by atoms with van der Waals surface area (Å²) >= 11 is 0. The molecule has 2 aromatic carbocycles. The first-order valence-corrected chi connectivity index (χ1v) is 8.33. The van der Waals surface area contributed by atoms with Crippen LogP contribution in [0.15, 0.2) is 52.8 Å². The number of nitrogens with zero attached hydrogens (tertiary/aromatic N) is 2. The lowest BCUT2D eigenvalue weighted by Gasteiger charge is -2.13. The fourth-order valence-electron chi connectivity index (χ4n) is 2.54. The lowest BCUT2D eigenvalue weighted by atomic mass is 9.98. The molecule has 0 aromatic heterocycles. The molecule has 0 fully saturated rings. The van der Waals surface area contributed by atoms with Gasteiger partial charge in [0, 0.05) is 23.7 Å². The first kappa shape index (κ1) is 20.1. The van der Waals surface area contributed by atoms with Gasteiger partial charge in [0.2, 0.25) is 0 Å². The largest absolute Gasteiger partial charge is 0.398 e. The van der Waals surface area contributed by atoms with E-state index >= 15 is 0 Å². The quantitative estimate of drug-likeness (QED) is 0.600. The number of halogens is 1. The van der Waals surface area contributed by atoms with Crippen LogP contribution in [0.4, 0.5) is 4.39 Å². The third-order valence-corrected chi connectivity index (χ3v) is 3.96. The fraction of sp³-hybridized carbons (Fsp3) is 0.250. The molecule has 2 rings (SSSR count). The molecule has 1 N–H and O–H groups in total. The van der Waals surface area contributed by atoms with E-state index in [0.29, 0.717) is 16.8 Å². The summed E-state index contributed by atoms with van der Waals surface area (Å²) in [5.41, 5.74) is 3.14. The van der Waals surface area contributed by atoms with Crippen molar-refractivity contribution < 1.29 is 18.9 Å². The second kappa shape index (κ2) is 9.47. The van der Waals surface area contributed by atoms with Gasteiger partial charge in [0.1, 0.15) is 19.5 Å². The first-order chi connectivity index (χ1) is 13.0. The number of carbonyl (C=O) groups excluding carboxylic acids is 1. The Morgan fingerprint density at radius 2 is 1.81 bits per heavy atom. The van der Waals surface area contributed by atoms with Crippen molar-refractivity contribution >= 4 is 17.3 Å². The Balaban J connectivity index is 2.29. The number of rotatable bonds is 7. The molecule has 0 aliphatic carbocycles. The molecular weight excluding hydrogens is 349 g/mol. The Bertz CT molecular complexity index is 879. The molecular formula is C20H22FN3O3. The van der Waals surface area contributed by atoms with Crippen LogP contribution in [0, 0.1) is 12.7 Å². The van der Waals surface area contributed by atoms with Crippen molar-refractivity contribution in [2.24, 2.45) is 10.3 Å². The zero-order valence-electron chi connectivity index (χ0n) is 15.7. The van der Waals surface area contributed by atoms with Gasteiger partial charge in [-0.2, -0.15) is 0 Å². The van der Waals surface area contributed by atoms with Crippen LogP contribution in [-0.2, 0) is 21.1 Å². The molecule has 6 nitrogen and oxygen atoms in total. The van der Waals surface area contributed by atoms with Gasteiger partial charge in [-0.25, -0.2) is 4.39 Å². The molecule has 0 bridgehead atoms. The van der Waals surface area contributed by atoms with Crippen LogP contribution in [0.1, 0.15) is 29.2 Å². The minimum atomic E-state index is -0.380. The van der Waals surface area contributed by atoms with Crippen molar-refractivity contribution in [1.29, 1.82) is 0 Å². The summed E-state index contributed by atoms with van der Waals surface area (Å²) in [6.45, 7) is 3.65. The van der Waals surface area contributed by atoms with Gasteiger partial charge in [-0.05, 0) is 25.5 Å². The summed E-state index contributed by atoms with van der Waals surface area (Å²) in [7, 11) is 2.89. The number of hydrogen-bond acceptors (Lipinski definition) is 5. The average molecular weight is 371 g/mol. The van der Waals surface area contributed by atoms with E-state index in [1.54, 1.807) is 31.2 Å². The number of nitrogens with one attached hydrogen (secondary N) is 1. The fourth-order valence-corrected chi connectivity index (χ4v) is 2.54. The van der Waals surface area contributed by atoms with Crippen LogP contribution in [0.5, 0.6) is 0 Å². The predicted molar refractivity (Wildman–Crippen MR) is 102 cm³/mol. The minimum absolute atomic E-state index is 0.0908. The molecule has 0 spiro atoms. The topological polar surface area (TPSA) is 72.3 Å². The maximum absolute atomic E-state index is 13.8. The van der Waals surface area contributed by atoms with Crippen molar-refractivity contribution in [2.45, 2.75) is 20.5 Å². The molecule has 0 unspecified atom stereocenters. The van der Waals surface area contributed by atoms with Crippen LogP contribution < -0.4 is 5.32 Å². The number of aryl methyl sites for hydroxylation is 1. The maximum atomic E-state index is 13.8. The number of likely N-dealkylation sites (N-methyl/N-ethyl adjacent to an activating group) is 1. The van der Waals surface area contributed by atoms with Gasteiger partial charge in [0.15, 0.2) is 5.71 Å². The van der Waals surface area contributed by atoms with Crippen LogP contribution in [0.25, 0.3) is 0 Å². The average Bonchev–Trinajstić information content (AvgIpc) is 2.67. The van der Waals surface area contributed by atoms with Crippen LogP contribution in [0.2, 0.25) is 0 Å². The van der Waals surface area contributed by atoms with Gasteiger partial charge in [-0.1, -0.05) is 46.7 Å². The SMILES string of the molecule is CNC(=O)/C(=N/OC)c1cccc(C)c1CO/N=C(\C)c1ccccc1F. The van der Waals surface area contributed by atoms with E-state index in [2.05, 4.69) is 15.6 Å². The third-order valence-electron chi connectivity index (χ3n) is 3.96. The van der Waals surface area contributed by atoms with Crippen molar-refractivity contribution in [3.05, 3.63) is 70.5 Å². The summed E-state index contributed by atoms with van der Waals surface area (Å²) in [5.74, 6) is -0.747. The molecule has 0 saturated heterocycles. The summed E-state index contributed by atoms with van der Waals surface area (Å²) in [4.78, 5) is 22.4. The number of oxime groups is 2. The maximum Gasteiger partial charge on any atom is 0.273 e. The van der Waals surface area contributed by atoms with Crippen molar-refractivity contribution in [3.63, 3.8) is 0 Å². The molecule has 7 heteroatoms. The van der Waals surface area contributed by atoms with E-state index in [9.17, 15) is 9.18 Å². The van der Waals surface area contributed by atoms with Gasteiger partial charge >= 0.3 is 0 Å². The van der Waals surface area contributed by atoms with E-state index in [4.69, 9.17) is 9.68 Å². The summed E-state index contributed by atoms with van der Waals surface area (Å²) in [6.07, 6.45) is 0. The standard InChI is InChI=1S/C20H22FN3O3/c1-13-8-7-10-16(19(24-26-4)20(25)22-3)17(13)12-27-23-14(2)15-9-5-6-11-18(15)21/h5-11H,12H2,1-4H3,(H,22,25)/b23-14+,24-19+. The number of amides is 1. The second-order valence-electron chi connectivity index (χ2n) is 5.73. The van der Waals surface area contributed by atoms with Crippen molar-refractivity contribution in [2.75, 3.05) is 14.2 Å². The molecule has 0 atom stereocenters. The van der Waals surface area contributed by atoms with Crippen LogP contribution in [-0.4, -0.2) is 31.5 Å². The third kappa shape index (κ3) is 4.91. The Morgan fingerprint density at radius 3 is 2.48 bits per heavy atom. The van der Waals surface area contributed by atoms with E-state index in [-0.39, 0.29) is 24.0 Å². The molecule has 142 valence electrons. The zero-order chi connectivity index (χ0) is 19.8. The Labute approximate surface area is 157 Å². The molecule has 0 saturated carbocycles. The highest BCUT2D eigenvalue weighted by Gasteiger charge is 2.19. The molecule has 27 heavy (non-hydrogen) atoms. The lowest BCUT2D eigenvalue weighted by molar-refractivity contribution is -0.114. The van der Waals surface area contributed by atoms with Crippen LogP contribution >= 0.6 is 0 Å². The molecule has 1 amide bonds. The van der Waals surface area contributed by atoms with Gasteiger partial charge < -0.3 is 15.0 Å². The van der Waals surface area contributed by atoms with Crippen LogP contribution in [0.3, 0.4) is 0 Å². The van der Waals surface area contributed by atoms with Gasteiger partial charge in [-0.15, -0.1) is 0 Å². The molecule has 0 radical (unpaired) electrons. The number of benzene rings is 2. The normalized spacial score (nSPS) is 11.9. The Morgan fingerprint density at radius 1 is 1.11 bits per heavy atom. The minimum Gasteiger partial charge on any atom is -0.398 e. The molecule has 0 heterocycles. The van der Waals surface area contributed by atoms with E-state index in [1.807, 2.05) is 19.1 Å². The monoisotopic (exact) mass is 371 g/mol. The summed E-state index contributed by atoms with van der Waals surface area (Å²) < 4.78 is 13.8. The zero-order valence-corrected chi connectivity index (χ0v) is 15.7. The first-order valence-electron chi connectivity index (χ1n) is 8.33. The smallest absolute Gasteiger partial charge is 0.273 e. The predicted octanol–water partition coefficient (Wildman–Crippen LogP) is 3.17. The molecule has 2 aromatic rings. The number of hydrogen-bond donors (Lipinski definition) is 1. The van der Waals surface area contributed by atoms with Gasteiger partial charge in [-0.3, -0.25) is 4.79 Å². The highest BCUT2D eigenvalue weighted by atomic mass is 19.1. The summed E-state index contributed by atoms with van der Waals surface area (Å²) in [6, 6.07) is 11.8. The number of carbonyl (C=O) groups is 1. The highest BCUT2D eigenvalue weighted by Crippen LogP contribution is 2.18. The lowest BCUT2D eigenvalue weighted by Crippen LogP contribution is -2.29. The Hall–Kier alpha value is -3.22. The van der Waals surface area contributed by atoms with Gasteiger partial charge in [0.25, 0.3) is 5.91 Å². The second-order valence-corrected chi connectivity index (χ2v) is 5.73. The van der Waals surface area contributed by atoms with E-state index < -0.39 is 0 Å². The molecule has 0 aliphatic heterocycles. The van der Waals surface area contributed by atoms with Crippen molar-refractivity contribution in [1.82, 2.24) is 5.32 Å².